The lowest BCUT2D eigenvalue weighted by Gasteiger charge is -2.19. The third-order valence-electron chi connectivity index (χ3n) is 5.19. The van der Waals surface area contributed by atoms with Crippen LogP contribution in [0.2, 0.25) is 0 Å². The highest BCUT2D eigenvalue weighted by molar-refractivity contribution is 6.04. The van der Waals surface area contributed by atoms with E-state index in [0.29, 0.717) is 34.5 Å². The molecule has 4 rings (SSSR count). The van der Waals surface area contributed by atoms with Gasteiger partial charge in [0, 0.05) is 29.2 Å². The van der Waals surface area contributed by atoms with Gasteiger partial charge in [-0.25, -0.2) is 15.0 Å². The minimum Gasteiger partial charge on any atom is -0.340 e. The van der Waals surface area contributed by atoms with Gasteiger partial charge in [0.1, 0.15) is 23.3 Å². The fourth-order valence-corrected chi connectivity index (χ4v) is 3.37. The van der Waals surface area contributed by atoms with Crippen molar-refractivity contribution in [1.82, 2.24) is 15.0 Å². The van der Waals surface area contributed by atoms with Crippen LogP contribution >= 0.6 is 0 Å². The van der Waals surface area contributed by atoms with E-state index in [2.05, 4.69) is 51.7 Å². The summed E-state index contributed by atoms with van der Waals surface area (Å²) in [4.78, 5) is 25.7. The van der Waals surface area contributed by atoms with Crippen LogP contribution in [0.25, 0.3) is 0 Å². The molecule has 2 heterocycles. The number of aromatic nitrogens is 3. The monoisotopic (exact) mass is 452 g/mol. The van der Waals surface area contributed by atoms with Crippen LogP contribution in [0.1, 0.15) is 42.5 Å². The van der Waals surface area contributed by atoms with E-state index in [1.165, 1.54) is 5.56 Å². The standard InChI is InChI=1S/C27H28N6O/c1-18-29-24(17-25(30-18)33-23-7-5-6-16-28-23)31-21-12-14-22(15-13-21)32-26(34)19-8-10-20(11-9-19)27(2,3)4/h5-17H,1-4H3,(H,32,34)(H2,28,29,30,31,33). The average Bonchev–Trinajstić information content (AvgIpc) is 2.80. The Bertz CT molecular complexity index is 1260. The second-order valence-electron chi connectivity index (χ2n) is 9.01. The molecule has 0 aliphatic heterocycles. The minimum atomic E-state index is -0.141. The Hall–Kier alpha value is -4.26. The van der Waals surface area contributed by atoms with Crippen LogP contribution in [0.4, 0.5) is 28.8 Å². The largest absolute Gasteiger partial charge is 0.340 e. The van der Waals surface area contributed by atoms with Gasteiger partial charge in [-0.3, -0.25) is 4.79 Å². The van der Waals surface area contributed by atoms with Gasteiger partial charge in [0.2, 0.25) is 0 Å². The molecule has 7 nitrogen and oxygen atoms in total. The number of amides is 1. The highest BCUT2D eigenvalue weighted by Gasteiger charge is 2.14. The summed E-state index contributed by atoms with van der Waals surface area (Å²) >= 11 is 0. The summed E-state index contributed by atoms with van der Waals surface area (Å²) in [5, 5.41) is 9.40. The second-order valence-corrected chi connectivity index (χ2v) is 9.01. The van der Waals surface area contributed by atoms with Crippen LogP contribution in [-0.2, 0) is 5.41 Å². The summed E-state index contributed by atoms with van der Waals surface area (Å²) < 4.78 is 0. The Labute approximate surface area is 199 Å². The molecule has 0 saturated heterocycles. The van der Waals surface area contributed by atoms with Crippen molar-refractivity contribution in [2.75, 3.05) is 16.0 Å². The van der Waals surface area contributed by atoms with Crippen molar-refractivity contribution in [2.45, 2.75) is 33.1 Å². The number of nitrogens with one attached hydrogen (secondary N) is 3. The zero-order valence-corrected chi connectivity index (χ0v) is 19.8. The maximum atomic E-state index is 12.6. The lowest BCUT2D eigenvalue weighted by atomic mass is 9.87. The van der Waals surface area contributed by atoms with E-state index in [9.17, 15) is 4.79 Å². The highest BCUT2D eigenvalue weighted by Crippen LogP contribution is 2.23. The molecule has 0 aliphatic rings. The second kappa shape index (κ2) is 9.70. The number of aryl methyl sites for hydroxylation is 1. The number of carbonyl (C=O) groups excluding carboxylic acids is 1. The molecule has 0 spiro atoms. The Kier molecular flexibility index (Phi) is 6.54. The van der Waals surface area contributed by atoms with E-state index in [4.69, 9.17) is 0 Å². The Morgan fingerprint density at radius 2 is 1.41 bits per heavy atom. The van der Waals surface area contributed by atoms with Crippen molar-refractivity contribution in [2.24, 2.45) is 0 Å². The van der Waals surface area contributed by atoms with Gasteiger partial charge < -0.3 is 16.0 Å². The van der Waals surface area contributed by atoms with Gasteiger partial charge >= 0.3 is 0 Å². The SMILES string of the molecule is Cc1nc(Nc2ccc(NC(=O)c3ccc(C(C)(C)C)cc3)cc2)cc(Nc2ccccn2)n1. The third-order valence-corrected chi connectivity index (χ3v) is 5.19. The Morgan fingerprint density at radius 1 is 0.765 bits per heavy atom. The normalized spacial score (nSPS) is 11.1. The molecule has 0 aliphatic carbocycles. The molecular formula is C27H28N6O. The van der Waals surface area contributed by atoms with Crippen LogP contribution < -0.4 is 16.0 Å². The van der Waals surface area contributed by atoms with Crippen molar-refractivity contribution in [3.05, 3.63) is 95.9 Å². The van der Waals surface area contributed by atoms with Crippen molar-refractivity contribution in [3.63, 3.8) is 0 Å². The van der Waals surface area contributed by atoms with E-state index in [1.54, 1.807) is 6.20 Å². The predicted molar refractivity (Wildman–Crippen MR) is 137 cm³/mol. The molecule has 3 N–H and O–H groups in total. The Morgan fingerprint density at radius 3 is 2.03 bits per heavy atom. The minimum absolute atomic E-state index is 0.0509. The van der Waals surface area contributed by atoms with Gasteiger partial charge in [-0.2, -0.15) is 0 Å². The highest BCUT2D eigenvalue weighted by atomic mass is 16.1. The van der Waals surface area contributed by atoms with Crippen LogP contribution in [-0.4, -0.2) is 20.9 Å². The molecule has 34 heavy (non-hydrogen) atoms. The third kappa shape index (κ3) is 5.95. The number of benzene rings is 2. The zero-order valence-electron chi connectivity index (χ0n) is 19.8. The first-order valence-electron chi connectivity index (χ1n) is 11.1. The van der Waals surface area contributed by atoms with E-state index < -0.39 is 0 Å². The molecule has 0 radical (unpaired) electrons. The Balaban J connectivity index is 1.40. The van der Waals surface area contributed by atoms with Crippen LogP contribution in [0, 0.1) is 6.92 Å². The summed E-state index contributed by atoms with van der Waals surface area (Å²) in [7, 11) is 0. The fourth-order valence-electron chi connectivity index (χ4n) is 3.37. The maximum absolute atomic E-state index is 12.6. The summed E-state index contributed by atoms with van der Waals surface area (Å²) in [6.07, 6.45) is 1.72. The quantitative estimate of drug-likeness (QED) is 0.322. The molecule has 0 fully saturated rings. The zero-order chi connectivity index (χ0) is 24.1. The van der Waals surface area contributed by atoms with E-state index in [0.717, 1.165) is 5.69 Å². The lowest BCUT2D eigenvalue weighted by Crippen LogP contribution is -2.14. The van der Waals surface area contributed by atoms with E-state index in [1.807, 2.05) is 79.7 Å². The van der Waals surface area contributed by atoms with Crippen molar-refractivity contribution in [1.29, 1.82) is 0 Å². The van der Waals surface area contributed by atoms with Gasteiger partial charge in [-0.05, 0) is 66.4 Å². The van der Waals surface area contributed by atoms with E-state index in [-0.39, 0.29) is 11.3 Å². The number of hydrogen-bond acceptors (Lipinski definition) is 6. The molecular weight excluding hydrogens is 424 g/mol. The first kappa shape index (κ1) is 22.9. The molecule has 0 bridgehead atoms. The average molecular weight is 453 g/mol. The molecule has 0 unspecified atom stereocenters. The number of hydrogen-bond donors (Lipinski definition) is 3. The van der Waals surface area contributed by atoms with Gasteiger partial charge in [-0.15, -0.1) is 0 Å². The van der Waals surface area contributed by atoms with Crippen molar-refractivity contribution in [3.8, 4) is 0 Å². The molecule has 0 saturated carbocycles. The first-order valence-corrected chi connectivity index (χ1v) is 11.1. The van der Waals surface area contributed by atoms with Gasteiger partial charge in [0.25, 0.3) is 5.91 Å². The number of rotatable bonds is 6. The summed E-state index contributed by atoms with van der Waals surface area (Å²) in [5.74, 6) is 2.50. The maximum Gasteiger partial charge on any atom is 0.255 e. The van der Waals surface area contributed by atoms with Gasteiger partial charge in [0.05, 0.1) is 0 Å². The molecule has 2 aromatic carbocycles. The molecule has 1 amide bonds. The molecule has 4 aromatic rings. The molecule has 2 aromatic heterocycles. The summed E-state index contributed by atoms with van der Waals surface area (Å²) in [6.45, 7) is 8.29. The number of pyridine rings is 1. The summed E-state index contributed by atoms with van der Waals surface area (Å²) in [5.41, 5.74) is 3.42. The van der Waals surface area contributed by atoms with E-state index >= 15 is 0 Å². The molecule has 0 atom stereocenters. The van der Waals surface area contributed by atoms with Gasteiger partial charge in [0.15, 0.2) is 0 Å². The number of carbonyl (C=O) groups is 1. The fraction of sp³-hybridized carbons (Fsp3) is 0.185. The predicted octanol–water partition coefficient (Wildman–Crippen LogP) is 6.22. The van der Waals surface area contributed by atoms with Crippen LogP contribution in [0.3, 0.4) is 0 Å². The topological polar surface area (TPSA) is 91.8 Å². The van der Waals surface area contributed by atoms with Crippen LogP contribution in [0.5, 0.6) is 0 Å². The van der Waals surface area contributed by atoms with Crippen molar-refractivity contribution < 1.29 is 4.79 Å². The van der Waals surface area contributed by atoms with Gasteiger partial charge in [-0.1, -0.05) is 39.0 Å². The number of nitrogens with zero attached hydrogens (tertiary/aromatic N) is 3. The smallest absolute Gasteiger partial charge is 0.255 e. The molecule has 7 heteroatoms. The number of anilines is 5. The van der Waals surface area contributed by atoms with Crippen molar-refractivity contribution >= 4 is 34.7 Å². The lowest BCUT2D eigenvalue weighted by molar-refractivity contribution is 0.102. The summed E-state index contributed by atoms with van der Waals surface area (Å²) in [6, 6.07) is 22.7. The van der Waals surface area contributed by atoms with Crippen LogP contribution in [0.15, 0.2) is 79.0 Å². The first-order chi connectivity index (χ1) is 16.3. The molecule has 172 valence electrons.